The Bertz CT molecular complexity index is 2860. The van der Waals surface area contributed by atoms with Crippen molar-refractivity contribution in [2.45, 2.75) is 0 Å². The Morgan fingerprint density at radius 1 is 0.263 bits per heavy atom. The Balaban J connectivity index is 1.17. The monoisotopic (exact) mass is 729 g/mol. The van der Waals surface area contributed by atoms with Crippen LogP contribution in [0.2, 0.25) is 0 Å². The van der Waals surface area contributed by atoms with E-state index >= 15 is 0 Å². The van der Waals surface area contributed by atoms with Crippen molar-refractivity contribution in [2.24, 2.45) is 0 Å². The zero-order chi connectivity index (χ0) is 38.0. The van der Waals surface area contributed by atoms with Gasteiger partial charge in [0.05, 0.1) is 0 Å². The van der Waals surface area contributed by atoms with Gasteiger partial charge >= 0.3 is 0 Å². The van der Waals surface area contributed by atoms with Crippen LogP contribution in [0.5, 0.6) is 11.5 Å². The number of ether oxygens (including phenoxy) is 1. The average molecular weight is 730 g/mol. The third-order valence-corrected chi connectivity index (χ3v) is 10.4. The second-order valence-corrected chi connectivity index (χ2v) is 14.0. The summed E-state index contributed by atoms with van der Waals surface area (Å²) in [7, 11) is 0. The number of para-hydroxylation sites is 2. The fraction of sp³-hybridized carbons (Fsp3) is 0. The molecule has 4 heteroatoms. The SMILES string of the molecule is C1=Cc2ccc(-c3nc(-c4ccccc4)nc(-c4cc(-c5ccccc5)cc(-c5ccccc5)c4)n3)cc2-c2ccccc2Oc2ccccc2-c2ccccc21. The maximum atomic E-state index is 6.81. The smallest absolute Gasteiger partial charge is 0.164 e. The van der Waals surface area contributed by atoms with Gasteiger partial charge in [-0.15, -0.1) is 0 Å². The van der Waals surface area contributed by atoms with Gasteiger partial charge in [0.2, 0.25) is 0 Å². The van der Waals surface area contributed by atoms with Crippen molar-refractivity contribution in [3.8, 4) is 90.2 Å². The van der Waals surface area contributed by atoms with Crippen molar-refractivity contribution >= 4 is 12.2 Å². The molecular weight excluding hydrogens is 695 g/mol. The molecule has 1 aliphatic rings. The summed E-state index contributed by atoms with van der Waals surface area (Å²) in [6.45, 7) is 0. The van der Waals surface area contributed by atoms with Gasteiger partial charge in [0.1, 0.15) is 11.5 Å². The summed E-state index contributed by atoms with van der Waals surface area (Å²) in [5.41, 5.74) is 13.4. The fourth-order valence-corrected chi connectivity index (χ4v) is 7.52. The van der Waals surface area contributed by atoms with Crippen LogP contribution in [0.15, 0.2) is 200 Å². The number of nitrogens with zero attached hydrogens (tertiary/aromatic N) is 3. The van der Waals surface area contributed by atoms with Crippen LogP contribution in [0, 0.1) is 0 Å². The molecule has 10 rings (SSSR count). The molecule has 0 saturated carbocycles. The van der Waals surface area contributed by atoms with Crippen LogP contribution in [-0.2, 0) is 0 Å². The molecule has 4 nitrogen and oxygen atoms in total. The highest BCUT2D eigenvalue weighted by atomic mass is 16.5. The molecule has 0 saturated heterocycles. The second-order valence-electron chi connectivity index (χ2n) is 14.0. The third-order valence-electron chi connectivity index (χ3n) is 10.4. The van der Waals surface area contributed by atoms with Crippen LogP contribution in [0.3, 0.4) is 0 Å². The molecule has 0 radical (unpaired) electrons. The lowest BCUT2D eigenvalue weighted by Crippen LogP contribution is -2.01. The van der Waals surface area contributed by atoms with E-state index in [1.54, 1.807) is 0 Å². The lowest BCUT2D eigenvalue weighted by molar-refractivity contribution is 0.486. The van der Waals surface area contributed by atoms with Gasteiger partial charge in [-0.1, -0.05) is 176 Å². The summed E-state index contributed by atoms with van der Waals surface area (Å²) < 4.78 is 6.81. The maximum Gasteiger partial charge on any atom is 0.164 e. The Labute approximate surface area is 332 Å². The molecule has 0 spiro atoms. The van der Waals surface area contributed by atoms with Gasteiger partial charge in [-0.3, -0.25) is 0 Å². The van der Waals surface area contributed by atoms with Crippen molar-refractivity contribution < 1.29 is 4.74 Å². The molecule has 0 aliphatic carbocycles. The minimum Gasteiger partial charge on any atom is -0.456 e. The molecule has 2 heterocycles. The number of rotatable bonds is 5. The summed E-state index contributed by atoms with van der Waals surface area (Å²) in [5.74, 6) is 3.36. The highest BCUT2D eigenvalue weighted by Gasteiger charge is 2.19. The van der Waals surface area contributed by atoms with Gasteiger partial charge in [0, 0.05) is 27.8 Å². The lowest BCUT2D eigenvalue weighted by Gasteiger charge is -2.16. The number of benzene rings is 8. The number of hydrogen-bond acceptors (Lipinski definition) is 4. The topological polar surface area (TPSA) is 47.9 Å². The minimum atomic E-state index is 0.584. The van der Waals surface area contributed by atoms with Crippen LogP contribution < -0.4 is 4.74 Å². The predicted molar refractivity (Wildman–Crippen MR) is 233 cm³/mol. The maximum absolute atomic E-state index is 6.81. The third kappa shape index (κ3) is 6.81. The predicted octanol–water partition coefficient (Wildman–Crippen LogP) is 13.8. The molecular formula is C53H35N3O. The molecule has 1 aliphatic heterocycles. The molecule has 57 heavy (non-hydrogen) atoms. The molecule has 8 aromatic carbocycles. The van der Waals surface area contributed by atoms with Crippen LogP contribution in [0.1, 0.15) is 11.1 Å². The lowest BCUT2D eigenvalue weighted by atomic mass is 9.94. The van der Waals surface area contributed by atoms with Crippen molar-refractivity contribution in [3.05, 3.63) is 211 Å². The molecule has 0 bridgehead atoms. The van der Waals surface area contributed by atoms with Gasteiger partial charge in [-0.2, -0.15) is 0 Å². The Morgan fingerprint density at radius 2 is 0.684 bits per heavy atom. The van der Waals surface area contributed by atoms with E-state index in [9.17, 15) is 0 Å². The van der Waals surface area contributed by atoms with Crippen molar-refractivity contribution in [3.63, 3.8) is 0 Å². The summed E-state index contributed by atoms with van der Waals surface area (Å²) in [5, 5.41) is 0. The van der Waals surface area contributed by atoms with Crippen molar-refractivity contribution in [2.75, 3.05) is 0 Å². The van der Waals surface area contributed by atoms with E-state index in [2.05, 4.69) is 146 Å². The summed E-state index contributed by atoms with van der Waals surface area (Å²) in [4.78, 5) is 15.5. The van der Waals surface area contributed by atoms with Crippen molar-refractivity contribution in [1.29, 1.82) is 0 Å². The van der Waals surface area contributed by atoms with Crippen molar-refractivity contribution in [1.82, 2.24) is 15.0 Å². The molecule has 268 valence electrons. The molecule has 0 fully saturated rings. The number of hydrogen-bond donors (Lipinski definition) is 0. The molecule has 0 unspecified atom stereocenters. The molecule has 0 N–H and O–H groups in total. The van der Waals surface area contributed by atoms with E-state index in [0.29, 0.717) is 17.5 Å². The number of aromatic nitrogens is 3. The largest absolute Gasteiger partial charge is 0.456 e. The molecule has 0 atom stereocenters. The first kappa shape index (κ1) is 33.8. The zero-order valence-electron chi connectivity index (χ0n) is 31.0. The van der Waals surface area contributed by atoms with Crippen LogP contribution in [0.25, 0.3) is 90.8 Å². The van der Waals surface area contributed by atoms with Crippen LogP contribution in [-0.4, -0.2) is 15.0 Å². The van der Waals surface area contributed by atoms with E-state index < -0.39 is 0 Å². The average Bonchev–Trinajstić information content (AvgIpc) is 3.31. The summed E-state index contributed by atoms with van der Waals surface area (Å²) in [6.07, 6.45) is 4.38. The van der Waals surface area contributed by atoms with E-state index in [1.807, 2.05) is 66.7 Å². The van der Waals surface area contributed by atoms with Gasteiger partial charge < -0.3 is 4.74 Å². The summed E-state index contributed by atoms with van der Waals surface area (Å²) in [6, 6.07) is 69.0. The first-order valence-corrected chi connectivity index (χ1v) is 19.1. The quantitative estimate of drug-likeness (QED) is 0.177. The zero-order valence-corrected chi connectivity index (χ0v) is 31.0. The molecule has 9 aromatic rings. The Hall–Kier alpha value is -7.69. The highest BCUT2D eigenvalue weighted by molar-refractivity contribution is 5.90. The normalized spacial score (nSPS) is 11.6. The van der Waals surface area contributed by atoms with Gasteiger partial charge in [0.15, 0.2) is 17.5 Å². The number of fused-ring (bicyclic) bond motifs is 6. The van der Waals surface area contributed by atoms with Gasteiger partial charge in [-0.25, -0.2) is 15.0 Å². The first-order chi connectivity index (χ1) is 28.2. The highest BCUT2D eigenvalue weighted by Crippen LogP contribution is 2.42. The van der Waals surface area contributed by atoms with Crippen LogP contribution >= 0.6 is 0 Å². The van der Waals surface area contributed by atoms with E-state index in [1.165, 1.54) is 0 Å². The molecule has 1 aromatic heterocycles. The first-order valence-electron chi connectivity index (χ1n) is 19.1. The minimum absolute atomic E-state index is 0.584. The molecule has 0 amide bonds. The second kappa shape index (κ2) is 14.9. The summed E-state index contributed by atoms with van der Waals surface area (Å²) >= 11 is 0. The Kier molecular flexibility index (Phi) is 8.82. The van der Waals surface area contributed by atoms with E-state index in [-0.39, 0.29) is 0 Å². The van der Waals surface area contributed by atoms with Gasteiger partial charge in [-0.05, 0) is 80.9 Å². The fourth-order valence-electron chi connectivity index (χ4n) is 7.52. The standard InChI is InChI=1S/C53H35N3O/c1-4-16-36(17-5-1)42-32-43(37-18-6-2-7-19-37)34-44(33-42)53-55-51(40-21-8-3-9-22-40)54-52(56-53)41-31-30-39-29-28-38-20-10-11-23-45(38)46-24-12-14-26-49(46)57-50-27-15-13-25-47(50)48(39)35-41/h1-35H. The Morgan fingerprint density at radius 3 is 1.28 bits per heavy atom. The van der Waals surface area contributed by atoms with E-state index in [4.69, 9.17) is 19.7 Å². The van der Waals surface area contributed by atoms with Gasteiger partial charge in [0.25, 0.3) is 0 Å². The van der Waals surface area contributed by atoms with E-state index in [0.717, 1.165) is 83.8 Å². The van der Waals surface area contributed by atoms with Crippen LogP contribution in [0.4, 0.5) is 0 Å².